The van der Waals surface area contributed by atoms with E-state index in [4.69, 9.17) is 4.74 Å². The molecule has 1 unspecified atom stereocenters. The molecule has 0 bridgehead atoms. The van der Waals surface area contributed by atoms with Crippen LogP contribution in [0.2, 0.25) is 0 Å². The second kappa shape index (κ2) is 7.92. The molecule has 0 saturated heterocycles. The number of hydrogen-bond acceptors (Lipinski definition) is 5. The molecule has 0 saturated carbocycles. The van der Waals surface area contributed by atoms with E-state index < -0.39 is 0 Å². The average Bonchev–Trinajstić information content (AvgIpc) is 3.12. The van der Waals surface area contributed by atoms with Crippen LogP contribution in [0.15, 0.2) is 23.8 Å². The van der Waals surface area contributed by atoms with Crippen molar-refractivity contribution in [1.29, 1.82) is 0 Å². The Labute approximate surface area is 146 Å². The zero-order chi connectivity index (χ0) is 16.9. The minimum absolute atomic E-state index is 0.0660. The van der Waals surface area contributed by atoms with Crippen molar-refractivity contribution in [3.63, 3.8) is 0 Å². The fourth-order valence-electron chi connectivity index (χ4n) is 3.06. The van der Waals surface area contributed by atoms with Crippen molar-refractivity contribution >= 4 is 17.2 Å². The standard InChI is InChI=1S/C17H24N4O2S/c1-13-16(24-12-19-13)11-20-8-14(17(22)18-5-7-23-2)9-21-6-3-4-15(21)10-20/h3-4,6,12,14H,5,7-11H2,1-2H3,(H,18,22). The van der Waals surface area contributed by atoms with Crippen molar-refractivity contribution in [2.75, 3.05) is 26.8 Å². The van der Waals surface area contributed by atoms with Gasteiger partial charge in [-0.3, -0.25) is 9.69 Å². The molecular weight excluding hydrogens is 324 g/mol. The normalized spacial score (nSPS) is 18.2. The van der Waals surface area contributed by atoms with Gasteiger partial charge in [0.25, 0.3) is 0 Å². The van der Waals surface area contributed by atoms with Crippen LogP contribution in [0.25, 0.3) is 0 Å². The van der Waals surface area contributed by atoms with Gasteiger partial charge in [-0.25, -0.2) is 4.98 Å². The Morgan fingerprint density at radius 1 is 1.50 bits per heavy atom. The quantitative estimate of drug-likeness (QED) is 0.807. The number of methoxy groups -OCH3 is 1. The summed E-state index contributed by atoms with van der Waals surface area (Å²) in [5.41, 5.74) is 4.23. The topological polar surface area (TPSA) is 59.4 Å². The molecular formula is C17H24N4O2S. The zero-order valence-corrected chi connectivity index (χ0v) is 15.0. The number of amides is 1. The third kappa shape index (κ3) is 4.03. The number of nitrogens with one attached hydrogen (secondary N) is 1. The van der Waals surface area contributed by atoms with Gasteiger partial charge in [0.05, 0.1) is 23.7 Å². The third-order valence-corrected chi connectivity index (χ3v) is 5.31. The van der Waals surface area contributed by atoms with Gasteiger partial charge in [0.15, 0.2) is 0 Å². The van der Waals surface area contributed by atoms with Gasteiger partial charge in [0, 0.05) is 56.6 Å². The summed E-state index contributed by atoms with van der Waals surface area (Å²) < 4.78 is 7.21. The maximum Gasteiger partial charge on any atom is 0.226 e. The summed E-state index contributed by atoms with van der Waals surface area (Å²) in [6, 6.07) is 4.19. The number of ether oxygens (including phenoxy) is 1. The van der Waals surface area contributed by atoms with Crippen molar-refractivity contribution in [2.45, 2.75) is 26.6 Å². The number of nitrogens with zero attached hydrogens (tertiary/aromatic N) is 3. The summed E-state index contributed by atoms with van der Waals surface area (Å²) in [6.45, 7) is 6.30. The van der Waals surface area contributed by atoms with Gasteiger partial charge in [-0.2, -0.15) is 0 Å². The largest absolute Gasteiger partial charge is 0.383 e. The van der Waals surface area contributed by atoms with E-state index in [2.05, 4.69) is 38.1 Å². The van der Waals surface area contributed by atoms with E-state index in [0.29, 0.717) is 13.2 Å². The number of thiazole rings is 1. The van der Waals surface area contributed by atoms with Gasteiger partial charge in [-0.15, -0.1) is 11.3 Å². The fraction of sp³-hybridized carbons (Fsp3) is 0.529. The Morgan fingerprint density at radius 3 is 3.12 bits per heavy atom. The summed E-state index contributed by atoms with van der Waals surface area (Å²) in [6.07, 6.45) is 2.06. The van der Waals surface area contributed by atoms with Gasteiger partial charge < -0.3 is 14.6 Å². The molecule has 0 fully saturated rings. The maximum absolute atomic E-state index is 12.6. The maximum atomic E-state index is 12.6. The lowest BCUT2D eigenvalue weighted by molar-refractivity contribution is -0.126. The van der Waals surface area contributed by atoms with Crippen molar-refractivity contribution in [1.82, 2.24) is 19.8 Å². The first kappa shape index (κ1) is 17.1. The molecule has 1 aliphatic heterocycles. The van der Waals surface area contributed by atoms with Gasteiger partial charge in [-0.1, -0.05) is 0 Å². The number of aromatic nitrogens is 2. The van der Waals surface area contributed by atoms with Crippen LogP contribution in [0.1, 0.15) is 16.3 Å². The van der Waals surface area contributed by atoms with E-state index in [9.17, 15) is 4.79 Å². The first-order valence-electron chi connectivity index (χ1n) is 8.19. The molecule has 6 nitrogen and oxygen atoms in total. The Morgan fingerprint density at radius 2 is 2.38 bits per heavy atom. The van der Waals surface area contributed by atoms with Crippen LogP contribution >= 0.6 is 11.3 Å². The second-order valence-electron chi connectivity index (χ2n) is 6.16. The highest BCUT2D eigenvalue weighted by Crippen LogP contribution is 2.22. The molecule has 0 aliphatic carbocycles. The van der Waals surface area contributed by atoms with E-state index in [1.54, 1.807) is 18.4 Å². The predicted octanol–water partition coefficient (Wildman–Crippen LogP) is 1.65. The molecule has 1 amide bonds. The molecule has 1 atom stereocenters. The summed E-state index contributed by atoms with van der Waals surface area (Å²) in [5, 5.41) is 2.98. The van der Waals surface area contributed by atoms with Crippen LogP contribution in [0.3, 0.4) is 0 Å². The lowest BCUT2D eigenvalue weighted by Crippen LogP contribution is -2.39. The van der Waals surface area contributed by atoms with Gasteiger partial charge in [0.1, 0.15) is 0 Å². The zero-order valence-electron chi connectivity index (χ0n) is 14.2. The van der Waals surface area contributed by atoms with Crippen LogP contribution in [-0.2, 0) is 29.2 Å². The molecule has 2 aromatic rings. The first-order valence-corrected chi connectivity index (χ1v) is 9.07. The number of fused-ring (bicyclic) bond motifs is 1. The highest BCUT2D eigenvalue weighted by molar-refractivity contribution is 7.09. The molecule has 0 spiro atoms. The second-order valence-corrected chi connectivity index (χ2v) is 7.10. The number of aryl methyl sites for hydroxylation is 1. The molecule has 0 radical (unpaired) electrons. The number of hydrogen-bond donors (Lipinski definition) is 1. The third-order valence-electron chi connectivity index (χ3n) is 4.39. The van der Waals surface area contributed by atoms with Gasteiger partial charge in [-0.05, 0) is 19.1 Å². The number of carbonyl (C=O) groups excluding carboxylic acids is 1. The van der Waals surface area contributed by atoms with Crippen LogP contribution in [0.4, 0.5) is 0 Å². The lowest BCUT2D eigenvalue weighted by Gasteiger charge is -2.23. The number of carbonyl (C=O) groups is 1. The van der Waals surface area contributed by atoms with Crippen molar-refractivity contribution in [3.05, 3.63) is 40.1 Å². The summed E-state index contributed by atoms with van der Waals surface area (Å²) >= 11 is 1.68. The minimum Gasteiger partial charge on any atom is -0.383 e. The smallest absolute Gasteiger partial charge is 0.226 e. The van der Waals surface area contributed by atoms with Gasteiger partial charge >= 0.3 is 0 Å². The molecule has 7 heteroatoms. The molecule has 2 aromatic heterocycles. The molecule has 24 heavy (non-hydrogen) atoms. The Bertz CT molecular complexity index is 682. The van der Waals surface area contributed by atoms with Crippen LogP contribution in [0.5, 0.6) is 0 Å². The van der Waals surface area contributed by atoms with E-state index in [-0.39, 0.29) is 11.8 Å². The predicted molar refractivity (Wildman–Crippen MR) is 93.8 cm³/mol. The van der Waals surface area contributed by atoms with Crippen LogP contribution in [0, 0.1) is 12.8 Å². The Kier molecular flexibility index (Phi) is 5.65. The fourth-order valence-corrected chi connectivity index (χ4v) is 3.88. The van der Waals surface area contributed by atoms with E-state index in [1.807, 2.05) is 12.4 Å². The van der Waals surface area contributed by atoms with E-state index in [0.717, 1.165) is 31.9 Å². The summed E-state index contributed by atoms with van der Waals surface area (Å²) in [4.78, 5) is 20.5. The minimum atomic E-state index is -0.0660. The number of rotatable bonds is 6. The van der Waals surface area contributed by atoms with Crippen LogP contribution < -0.4 is 5.32 Å². The molecule has 130 valence electrons. The van der Waals surface area contributed by atoms with E-state index in [1.165, 1.54) is 10.6 Å². The Hall–Kier alpha value is -1.70. The van der Waals surface area contributed by atoms with Gasteiger partial charge in [0.2, 0.25) is 5.91 Å². The van der Waals surface area contributed by atoms with Crippen LogP contribution in [-0.4, -0.2) is 47.2 Å². The Balaban J connectivity index is 1.73. The van der Waals surface area contributed by atoms with Crippen molar-refractivity contribution in [2.24, 2.45) is 5.92 Å². The molecule has 3 heterocycles. The molecule has 1 aliphatic rings. The monoisotopic (exact) mass is 348 g/mol. The average molecular weight is 348 g/mol. The van der Waals surface area contributed by atoms with Crippen molar-refractivity contribution in [3.8, 4) is 0 Å². The first-order chi connectivity index (χ1) is 11.7. The molecule has 3 rings (SSSR count). The SMILES string of the molecule is COCCNC(=O)C1CN(Cc2scnc2C)Cc2cccn2C1. The summed E-state index contributed by atoms with van der Waals surface area (Å²) in [7, 11) is 1.64. The van der Waals surface area contributed by atoms with E-state index >= 15 is 0 Å². The lowest BCUT2D eigenvalue weighted by atomic mass is 10.1. The highest BCUT2D eigenvalue weighted by Gasteiger charge is 2.27. The van der Waals surface area contributed by atoms with Crippen molar-refractivity contribution < 1.29 is 9.53 Å². The summed E-state index contributed by atoms with van der Waals surface area (Å²) in [5.74, 6) is 0.0309. The molecule has 1 N–H and O–H groups in total. The highest BCUT2D eigenvalue weighted by atomic mass is 32.1. The molecule has 0 aromatic carbocycles.